The molecule has 1 aliphatic heterocycles. The lowest BCUT2D eigenvalue weighted by Gasteiger charge is -2.37. The average molecular weight is 344 g/mol. The van der Waals surface area contributed by atoms with Crippen molar-refractivity contribution >= 4 is 23.4 Å². The van der Waals surface area contributed by atoms with Gasteiger partial charge >= 0.3 is 12.0 Å². The highest BCUT2D eigenvalue weighted by Gasteiger charge is 2.37. The molecule has 1 unspecified atom stereocenters. The summed E-state index contributed by atoms with van der Waals surface area (Å²) in [5.74, 6) is -0.595. The predicted molar refractivity (Wildman–Crippen MR) is 90.3 cm³/mol. The largest absolute Gasteiger partial charge is 0.495 e. The number of hydrogen-bond acceptors (Lipinski definition) is 4. The van der Waals surface area contributed by atoms with Crippen molar-refractivity contribution in [2.75, 3.05) is 24.4 Å². The highest BCUT2D eigenvalue weighted by molar-refractivity contribution is 6.06. The molecule has 0 aliphatic carbocycles. The standard InChI is InChI=1S/C18H17FN2O4/c1-24-15-9-4-3-8-13(15)21-14(10-16(22)25-2)11-6-5-7-12(19)17(11)20-18(21)23/h3-9,14H,10H2,1-2H3,(H,20,23). The van der Waals surface area contributed by atoms with Gasteiger partial charge in [0.1, 0.15) is 11.6 Å². The van der Waals surface area contributed by atoms with Gasteiger partial charge in [-0.25, -0.2) is 9.18 Å². The Morgan fingerprint density at radius 1 is 1.20 bits per heavy atom. The van der Waals surface area contributed by atoms with E-state index in [0.717, 1.165) is 0 Å². The second-order valence-corrected chi connectivity index (χ2v) is 5.47. The Balaban J connectivity index is 2.15. The van der Waals surface area contributed by atoms with E-state index in [1.807, 2.05) is 0 Å². The summed E-state index contributed by atoms with van der Waals surface area (Å²) in [5, 5.41) is 2.55. The number of methoxy groups -OCH3 is 2. The Labute approximate surface area is 144 Å². The van der Waals surface area contributed by atoms with Gasteiger partial charge in [-0.15, -0.1) is 0 Å². The van der Waals surface area contributed by atoms with E-state index in [2.05, 4.69) is 5.32 Å². The Morgan fingerprint density at radius 2 is 1.96 bits per heavy atom. The smallest absolute Gasteiger partial charge is 0.327 e. The van der Waals surface area contributed by atoms with Gasteiger partial charge in [0.05, 0.1) is 38.1 Å². The second-order valence-electron chi connectivity index (χ2n) is 5.47. The van der Waals surface area contributed by atoms with Crippen molar-refractivity contribution in [1.82, 2.24) is 0 Å². The van der Waals surface area contributed by atoms with E-state index in [-0.39, 0.29) is 12.1 Å². The molecule has 2 amide bonds. The third-order valence-electron chi connectivity index (χ3n) is 4.10. The molecule has 0 bridgehead atoms. The van der Waals surface area contributed by atoms with E-state index < -0.39 is 23.9 Å². The van der Waals surface area contributed by atoms with Crippen molar-refractivity contribution in [3.05, 3.63) is 53.8 Å². The number of esters is 1. The number of amides is 2. The Bertz CT molecular complexity index is 824. The van der Waals surface area contributed by atoms with E-state index in [4.69, 9.17) is 9.47 Å². The molecule has 2 aromatic carbocycles. The summed E-state index contributed by atoms with van der Waals surface area (Å²) in [5.41, 5.74) is 1.05. The molecule has 1 N–H and O–H groups in total. The molecule has 1 heterocycles. The van der Waals surface area contributed by atoms with Crippen LogP contribution >= 0.6 is 0 Å². The SMILES string of the molecule is COC(=O)CC1c2cccc(F)c2NC(=O)N1c1ccccc1OC. The zero-order chi connectivity index (χ0) is 18.0. The lowest BCUT2D eigenvalue weighted by molar-refractivity contribution is -0.141. The number of halogens is 1. The molecule has 1 aliphatic rings. The molecule has 3 rings (SSSR count). The van der Waals surface area contributed by atoms with Crippen LogP contribution in [0.2, 0.25) is 0 Å². The fourth-order valence-corrected chi connectivity index (χ4v) is 2.95. The molecule has 0 saturated carbocycles. The van der Waals surface area contributed by atoms with Crippen LogP contribution in [0.5, 0.6) is 5.75 Å². The van der Waals surface area contributed by atoms with E-state index >= 15 is 0 Å². The molecular formula is C18H17FN2O4. The first-order valence-corrected chi connectivity index (χ1v) is 7.65. The Hall–Kier alpha value is -3.09. The summed E-state index contributed by atoms with van der Waals surface area (Å²) in [6, 6.07) is 10.1. The minimum atomic E-state index is -0.719. The molecular weight excluding hydrogens is 327 g/mol. The van der Waals surface area contributed by atoms with Crippen molar-refractivity contribution in [3.63, 3.8) is 0 Å². The third kappa shape index (κ3) is 3.00. The molecule has 7 heteroatoms. The normalized spacial score (nSPS) is 16.0. The molecule has 6 nitrogen and oxygen atoms in total. The number of rotatable bonds is 4. The number of anilines is 2. The van der Waals surface area contributed by atoms with E-state index in [9.17, 15) is 14.0 Å². The number of benzene rings is 2. The van der Waals surface area contributed by atoms with Gasteiger partial charge in [0.2, 0.25) is 0 Å². The fourth-order valence-electron chi connectivity index (χ4n) is 2.95. The maximum Gasteiger partial charge on any atom is 0.327 e. The van der Waals surface area contributed by atoms with Crippen molar-refractivity contribution in [1.29, 1.82) is 0 Å². The topological polar surface area (TPSA) is 67.9 Å². The molecule has 0 aromatic heterocycles. The maximum atomic E-state index is 14.1. The zero-order valence-electron chi connectivity index (χ0n) is 13.8. The number of urea groups is 1. The number of carbonyl (C=O) groups is 2. The first-order valence-electron chi connectivity index (χ1n) is 7.65. The maximum absolute atomic E-state index is 14.1. The average Bonchev–Trinajstić information content (AvgIpc) is 2.62. The molecule has 2 aromatic rings. The van der Waals surface area contributed by atoms with Crippen LogP contribution in [0.3, 0.4) is 0 Å². The predicted octanol–water partition coefficient (Wildman–Crippen LogP) is 3.49. The lowest BCUT2D eigenvalue weighted by Crippen LogP contribution is -2.44. The highest BCUT2D eigenvalue weighted by Crippen LogP contribution is 2.42. The van der Waals surface area contributed by atoms with Gasteiger partial charge in [-0.3, -0.25) is 9.69 Å². The quantitative estimate of drug-likeness (QED) is 0.862. The molecule has 0 saturated heterocycles. The van der Waals surface area contributed by atoms with Gasteiger partial charge in [0.15, 0.2) is 0 Å². The zero-order valence-corrected chi connectivity index (χ0v) is 13.8. The molecule has 0 spiro atoms. The van der Waals surface area contributed by atoms with Gasteiger partial charge in [-0.05, 0) is 18.2 Å². The van der Waals surface area contributed by atoms with Gasteiger partial charge in [-0.1, -0.05) is 24.3 Å². The summed E-state index contributed by atoms with van der Waals surface area (Å²) in [4.78, 5) is 26.0. The number of para-hydroxylation sites is 3. The summed E-state index contributed by atoms with van der Waals surface area (Å²) in [6.45, 7) is 0. The van der Waals surface area contributed by atoms with Crippen LogP contribution in [-0.2, 0) is 9.53 Å². The lowest BCUT2D eigenvalue weighted by atomic mass is 9.96. The fraction of sp³-hybridized carbons (Fsp3) is 0.222. The van der Waals surface area contributed by atoms with Gasteiger partial charge < -0.3 is 14.8 Å². The van der Waals surface area contributed by atoms with Gasteiger partial charge in [0, 0.05) is 5.56 Å². The van der Waals surface area contributed by atoms with Crippen LogP contribution in [0, 0.1) is 5.82 Å². The number of fused-ring (bicyclic) bond motifs is 1. The Morgan fingerprint density at radius 3 is 2.68 bits per heavy atom. The van der Waals surface area contributed by atoms with Crippen LogP contribution in [0.25, 0.3) is 0 Å². The number of nitrogens with zero attached hydrogens (tertiary/aromatic N) is 1. The van der Waals surface area contributed by atoms with E-state index in [1.54, 1.807) is 30.3 Å². The number of ether oxygens (including phenoxy) is 2. The summed E-state index contributed by atoms with van der Waals surface area (Å²) < 4.78 is 24.2. The highest BCUT2D eigenvalue weighted by atomic mass is 19.1. The number of hydrogen-bond donors (Lipinski definition) is 1. The first kappa shape index (κ1) is 16.8. The van der Waals surface area contributed by atoms with Crippen molar-refractivity contribution < 1.29 is 23.5 Å². The third-order valence-corrected chi connectivity index (χ3v) is 4.10. The first-order chi connectivity index (χ1) is 12.1. The summed E-state index contributed by atoms with van der Waals surface area (Å²) >= 11 is 0. The van der Waals surface area contributed by atoms with Crippen LogP contribution < -0.4 is 15.0 Å². The molecule has 130 valence electrons. The number of nitrogens with one attached hydrogen (secondary N) is 1. The van der Waals surface area contributed by atoms with Gasteiger partial charge in [0.25, 0.3) is 0 Å². The minimum absolute atomic E-state index is 0.0764. The van der Waals surface area contributed by atoms with Gasteiger partial charge in [-0.2, -0.15) is 0 Å². The molecule has 0 radical (unpaired) electrons. The molecule has 1 atom stereocenters. The van der Waals surface area contributed by atoms with Crippen LogP contribution in [0.1, 0.15) is 18.0 Å². The second kappa shape index (κ2) is 6.80. The summed E-state index contributed by atoms with van der Waals surface area (Å²) in [6.07, 6.45) is -0.113. The molecule has 0 fully saturated rings. The van der Waals surface area contributed by atoms with E-state index in [0.29, 0.717) is 17.0 Å². The van der Waals surface area contributed by atoms with Crippen molar-refractivity contribution in [2.24, 2.45) is 0 Å². The minimum Gasteiger partial charge on any atom is -0.495 e. The van der Waals surface area contributed by atoms with E-state index in [1.165, 1.54) is 31.3 Å². The summed E-state index contributed by atoms with van der Waals surface area (Å²) in [7, 11) is 2.76. The van der Waals surface area contributed by atoms with Crippen molar-refractivity contribution in [2.45, 2.75) is 12.5 Å². The van der Waals surface area contributed by atoms with Crippen molar-refractivity contribution in [3.8, 4) is 5.75 Å². The molecule has 25 heavy (non-hydrogen) atoms. The van der Waals surface area contributed by atoms with Crippen LogP contribution in [0.4, 0.5) is 20.6 Å². The van der Waals surface area contributed by atoms with Crippen LogP contribution in [0.15, 0.2) is 42.5 Å². The monoisotopic (exact) mass is 344 g/mol. The number of carbonyl (C=O) groups excluding carboxylic acids is 2. The van der Waals surface area contributed by atoms with Crippen LogP contribution in [-0.4, -0.2) is 26.2 Å². The Kier molecular flexibility index (Phi) is 4.56.